The van der Waals surface area contributed by atoms with E-state index in [0.717, 1.165) is 59.2 Å². The van der Waals surface area contributed by atoms with E-state index in [-0.39, 0.29) is 5.92 Å². The molecule has 0 saturated heterocycles. The summed E-state index contributed by atoms with van der Waals surface area (Å²) in [6, 6.07) is 14.1. The third-order valence-corrected chi connectivity index (χ3v) is 5.88. The van der Waals surface area contributed by atoms with Crippen molar-refractivity contribution in [2.45, 2.75) is 32.2 Å². The van der Waals surface area contributed by atoms with Gasteiger partial charge in [0.1, 0.15) is 11.6 Å². The van der Waals surface area contributed by atoms with Gasteiger partial charge in [0.05, 0.1) is 24.8 Å². The molecule has 0 amide bonds. The monoisotopic (exact) mass is 426 g/mol. The fraction of sp³-hybridized carbons (Fsp3) is 0.240. The van der Waals surface area contributed by atoms with Gasteiger partial charge < -0.3 is 15.0 Å². The van der Waals surface area contributed by atoms with E-state index >= 15 is 0 Å². The van der Waals surface area contributed by atoms with Gasteiger partial charge in [-0.2, -0.15) is 5.10 Å². The van der Waals surface area contributed by atoms with Crippen LogP contribution in [0.1, 0.15) is 47.2 Å². The van der Waals surface area contributed by atoms with Crippen LogP contribution >= 0.6 is 0 Å². The van der Waals surface area contributed by atoms with Gasteiger partial charge in [0.25, 0.3) is 0 Å². The van der Waals surface area contributed by atoms with Gasteiger partial charge in [-0.25, -0.2) is 14.6 Å². The Kier molecular flexibility index (Phi) is 5.23. The number of ether oxygens (including phenoxy) is 1. The number of methoxy groups -OCH3 is 1. The molecule has 1 aliphatic rings. The zero-order valence-electron chi connectivity index (χ0n) is 18.3. The second-order valence-electron chi connectivity index (χ2n) is 8.06. The van der Waals surface area contributed by atoms with E-state index in [0.29, 0.717) is 5.82 Å². The number of imidazole rings is 1. The average molecular weight is 427 g/mol. The third-order valence-electron chi connectivity index (χ3n) is 5.88. The lowest BCUT2D eigenvalue weighted by molar-refractivity contribution is 0.413. The zero-order chi connectivity index (χ0) is 22.1. The first-order valence-corrected chi connectivity index (χ1v) is 10.8. The molecule has 7 heteroatoms. The summed E-state index contributed by atoms with van der Waals surface area (Å²) in [7, 11) is 1.68. The van der Waals surface area contributed by atoms with Crippen LogP contribution in [0.15, 0.2) is 55.0 Å². The average Bonchev–Trinajstić information content (AvgIpc) is 3.43. The van der Waals surface area contributed by atoms with Crippen molar-refractivity contribution in [1.82, 2.24) is 24.3 Å². The van der Waals surface area contributed by atoms with E-state index < -0.39 is 0 Å². The molecule has 2 N–H and O–H groups in total. The van der Waals surface area contributed by atoms with Crippen LogP contribution in [0.25, 0.3) is 17.8 Å². The van der Waals surface area contributed by atoms with Gasteiger partial charge in [0.15, 0.2) is 5.82 Å². The fourth-order valence-electron chi connectivity index (χ4n) is 4.30. The number of nitrogen functional groups attached to an aromatic ring is 1. The number of hydrogen-bond acceptors (Lipinski definition) is 5. The molecule has 1 atom stereocenters. The lowest BCUT2D eigenvalue weighted by Gasteiger charge is -2.23. The first kappa shape index (κ1) is 20.1. The lowest BCUT2D eigenvalue weighted by Crippen LogP contribution is -2.18. The van der Waals surface area contributed by atoms with E-state index in [1.165, 1.54) is 0 Å². The molecule has 32 heavy (non-hydrogen) atoms. The fourth-order valence-corrected chi connectivity index (χ4v) is 4.30. The Morgan fingerprint density at radius 3 is 2.81 bits per heavy atom. The standard InChI is InChI=1S/C25H26N6O/c1-17-15-30(16-27-17)22-11-9-18(14-23(22)32-2)10-12-24-28-25-20(7-5-13-31(25)29-24)19-6-3-4-8-21(19)26/h3-4,6,8-12,14-16,20H,5,7,13,26H2,1-2H3/b12-10+/t20-/m0/s1. The number of hydrogen-bond donors (Lipinski definition) is 1. The molecule has 0 saturated carbocycles. The lowest BCUT2D eigenvalue weighted by atomic mass is 9.90. The van der Waals surface area contributed by atoms with Crippen molar-refractivity contribution in [3.63, 3.8) is 0 Å². The van der Waals surface area contributed by atoms with Crippen molar-refractivity contribution in [3.8, 4) is 11.4 Å². The van der Waals surface area contributed by atoms with Crippen molar-refractivity contribution >= 4 is 17.8 Å². The van der Waals surface area contributed by atoms with Gasteiger partial charge in [0.2, 0.25) is 0 Å². The van der Waals surface area contributed by atoms with Crippen molar-refractivity contribution < 1.29 is 4.74 Å². The molecule has 1 aliphatic heterocycles. The molecule has 0 spiro atoms. The molecule has 3 heterocycles. The molecular formula is C25H26N6O. The molecule has 0 aliphatic carbocycles. The molecular weight excluding hydrogens is 400 g/mol. The molecule has 0 bridgehead atoms. The van der Waals surface area contributed by atoms with Gasteiger partial charge >= 0.3 is 0 Å². The molecule has 4 aromatic rings. The van der Waals surface area contributed by atoms with Crippen LogP contribution < -0.4 is 10.5 Å². The van der Waals surface area contributed by atoms with Gasteiger partial charge in [-0.05, 0) is 55.2 Å². The highest BCUT2D eigenvalue weighted by Gasteiger charge is 2.26. The summed E-state index contributed by atoms with van der Waals surface area (Å²) in [6.45, 7) is 2.85. The minimum Gasteiger partial charge on any atom is -0.495 e. The Bertz CT molecular complexity index is 1290. The van der Waals surface area contributed by atoms with Crippen LogP contribution in [0.2, 0.25) is 0 Å². The van der Waals surface area contributed by atoms with Crippen molar-refractivity contribution in [2.75, 3.05) is 12.8 Å². The first-order chi connectivity index (χ1) is 15.6. The number of aryl methyl sites for hydroxylation is 2. The van der Waals surface area contributed by atoms with Gasteiger partial charge in [-0.1, -0.05) is 30.3 Å². The number of para-hydroxylation sites is 1. The summed E-state index contributed by atoms with van der Waals surface area (Å²) < 4.78 is 9.59. The summed E-state index contributed by atoms with van der Waals surface area (Å²) in [5.74, 6) is 2.64. The molecule has 0 radical (unpaired) electrons. The smallest absolute Gasteiger partial charge is 0.174 e. The summed E-state index contributed by atoms with van der Waals surface area (Å²) in [4.78, 5) is 9.14. The van der Waals surface area contributed by atoms with Crippen molar-refractivity contribution in [2.24, 2.45) is 0 Å². The van der Waals surface area contributed by atoms with Crippen LogP contribution in [-0.4, -0.2) is 31.4 Å². The maximum absolute atomic E-state index is 6.24. The highest BCUT2D eigenvalue weighted by atomic mass is 16.5. The Hall–Kier alpha value is -3.87. The molecule has 2 aromatic heterocycles. The molecule has 7 nitrogen and oxygen atoms in total. The predicted octanol–water partition coefficient (Wildman–Crippen LogP) is 4.46. The summed E-state index contributed by atoms with van der Waals surface area (Å²) in [5.41, 5.74) is 11.1. The highest BCUT2D eigenvalue weighted by molar-refractivity contribution is 5.69. The number of nitrogens with zero attached hydrogens (tertiary/aromatic N) is 5. The molecule has 0 unspecified atom stereocenters. The van der Waals surface area contributed by atoms with E-state index in [1.807, 2.05) is 70.9 Å². The molecule has 162 valence electrons. The number of fused-ring (bicyclic) bond motifs is 1. The number of anilines is 1. The Balaban J connectivity index is 1.42. The normalized spacial score (nSPS) is 15.8. The van der Waals surface area contributed by atoms with Crippen LogP contribution in [0.5, 0.6) is 5.75 Å². The quantitative estimate of drug-likeness (QED) is 0.477. The highest BCUT2D eigenvalue weighted by Crippen LogP contribution is 2.35. The number of aromatic nitrogens is 5. The van der Waals surface area contributed by atoms with E-state index in [9.17, 15) is 0 Å². The maximum Gasteiger partial charge on any atom is 0.174 e. The summed E-state index contributed by atoms with van der Waals surface area (Å²) in [6.07, 6.45) is 9.82. The first-order valence-electron chi connectivity index (χ1n) is 10.8. The van der Waals surface area contributed by atoms with Crippen molar-refractivity contribution in [1.29, 1.82) is 0 Å². The van der Waals surface area contributed by atoms with Crippen LogP contribution in [-0.2, 0) is 6.54 Å². The maximum atomic E-state index is 6.24. The predicted molar refractivity (Wildman–Crippen MR) is 126 cm³/mol. The summed E-state index contributed by atoms with van der Waals surface area (Å²) in [5, 5.41) is 4.72. The van der Waals surface area contributed by atoms with Crippen molar-refractivity contribution in [3.05, 3.63) is 83.5 Å². The number of benzene rings is 2. The van der Waals surface area contributed by atoms with Gasteiger partial charge in [0, 0.05) is 24.3 Å². The summed E-state index contributed by atoms with van der Waals surface area (Å²) >= 11 is 0. The van der Waals surface area contributed by atoms with E-state index in [1.54, 1.807) is 13.4 Å². The molecule has 2 aromatic carbocycles. The van der Waals surface area contributed by atoms with Crippen LogP contribution in [0.3, 0.4) is 0 Å². The van der Waals surface area contributed by atoms with Crippen LogP contribution in [0, 0.1) is 6.92 Å². The SMILES string of the molecule is COc1cc(/C=C/c2nc3n(n2)CCC[C@H]3c2ccccc2N)ccc1-n1cnc(C)c1. The number of nitrogens with two attached hydrogens (primary N) is 1. The van der Waals surface area contributed by atoms with E-state index in [2.05, 4.69) is 11.1 Å². The second-order valence-corrected chi connectivity index (χ2v) is 8.06. The minimum atomic E-state index is 0.178. The molecule has 0 fully saturated rings. The Labute approximate surface area is 187 Å². The zero-order valence-corrected chi connectivity index (χ0v) is 18.3. The molecule has 5 rings (SSSR count). The van der Waals surface area contributed by atoms with E-state index in [4.69, 9.17) is 20.6 Å². The second kappa shape index (κ2) is 8.34. The number of rotatable bonds is 5. The van der Waals surface area contributed by atoms with Gasteiger partial charge in [-0.15, -0.1) is 0 Å². The third kappa shape index (κ3) is 3.77. The Morgan fingerprint density at radius 1 is 1.16 bits per heavy atom. The Morgan fingerprint density at radius 2 is 2.03 bits per heavy atom. The van der Waals surface area contributed by atoms with Crippen LogP contribution in [0.4, 0.5) is 5.69 Å². The largest absolute Gasteiger partial charge is 0.495 e. The minimum absolute atomic E-state index is 0.178. The van der Waals surface area contributed by atoms with Gasteiger partial charge in [-0.3, -0.25) is 0 Å². The topological polar surface area (TPSA) is 83.8 Å².